The summed E-state index contributed by atoms with van der Waals surface area (Å²) in [6.07, 6.45) is 2.79. The van der Waals surface area contributed by atoms with E-state index in [1.807, 2.05) is 19.9 Å². The normalized spacial score (nSPS) is 24.4. The topological polar surface area (TPSA) is 59.5 Å². The largest absolute Gasteiger partial charge is 0.377 e. The molecule has 1 atom stereocenters. The highest BCUT2D eigenvalue weighted by molar-refractivity contribution is 7.92. The molecule has 5 nitrogen and oxygen atoms in total. The van der Waals surface area contributed by atoms with Crippen LogP contribution in [0.1, 0.15) is 36.6 Å². The molecule has 1 aliphatic heterocycles. The minimum absolute atomic E-state index is 0.254. The van der Waals surface area contributed by atoms with E-state index in [-0.39, 0.29) is 6.04 Å². The Balaban J connectivity index is 2.09. The van der Waals surface area contributed by atoms with Crippen LogP contribution in [0.3, 0.4) is 0 Å². The van der Waals surface area contributed by atoms with Gasteiger partial charge in [0, 0.05) is 18.5 Å². The Morgan fingerprint density at radius 3 is 2.59 bits per heavy atom. The number of pyridine rings is 1. The van der Waals surface area contributed by atoms with E-state index in [4.69, 9.17) is 9.72 Å². The molecule has 0 bridgehead atoms. The van der Waals surface area contributed by atoms with Crippen molar-refractivity contribution in [2.45, 2.75) is 44.4 Å². The summed E-state index contributed by atoms with van der Waals surface area (Å²) in [7, 11) is -3.12. The first kappa shape index (κ1) is 15.7. The first-order chi connectivity index (χ1) is 10.3. The van der Waals surface area contributed by atoms with Crippen molar-refractivity contribution in [3.63, 3.8) is 0 Å². The molecule has 1 aliphatic carbocycles. The maximum Gasteiger partial charge on any atom is 0.157 e. The molecular formula is C16H24N2O3S. The van der Waals surface area contributed by atoms with Crippen LogP contribution in [0.15, 0.2) is 6.07 Å². The molecule has 2 aliphatic rings. The van der Waals surface area contributed by atoms with Crippen molar-refractivity contribution < 1.29 is 13.2 Å². The second-order valence-corrected chi connectivity index (χ2v) is 8.95. The lowest BCUT2D eigenvalue weighted by atomic mass is 10.0. The van der Waals surface area contributed by atoms with E-state index in [0.717, 1.165) is 29.2 Å². The summed E-state index contributed by atoms with van der Waals surface area (Å²) in [6.45, 7) is 8.22. The first-order valence-electron chi connectivity index (χ1n) is 7.79. The molecule has 6 heteroatoms. The van der Waals surface area contributed by atoms with Gasteiger partial charge in [0.1, 0.15) is 5.82 Å². The average Bonchev–Trinajstić information content (AvgIpc) is 3.23. The summed E-state index contributed by atoms with van der Waals surface area (Å²) in [5.41, 5.74) is 2.87. The molecule has 22 heavy (non-hydrogen) atoms. The van der Waals surface area contributed by atoms with Crippen molar-refractivity contribution in [1.82, 2.24) is 4.98 Å². The first-order valence-corrected chi connectivity index (χ1v) is 9.68. The molecule has 0 spiro atoms. The Morgan fingerprint density at radius 1 is 1.36 bits per heavy atom. The predicted molar refractivity (Wildman–Crippen MR) is 87.1 cm³/mol. The number of morpholine rings is 1. The van der Waals surface area contributed by atoms with Gasteiger partial charge in [-0.3, -0.25) is 0 Å². The molecule has 1 aromatic heterocycles. The highest BCUT2D eigenvalue weighted by Gasteiger charge is 2.54. The molecule has 0 N–H and O–H groups in total. The second-order valence-electron chi connectivity index (χ2n) is 6.62. The third-order valence-corrected chi connectivity index (χ3v) is 7.12. The average molecular weight is 324 g/mol. The SMILES string of the molecule is Cc1nc(N2CCOC[C@H]2C)cc(C2(S(C)(=O)=O)CC2)c1C. The van der Waals surface area contributed by atoms with Gasteiger partial charge in [0.15, 0.2) is 9.84 Å². The molecule has 1 saturated carbocycles. The molecular weight excluding hydrogens is 300 g/mol. The maximum atomic E-state index is 12.3. The van der Waals surface area contributed by atoms with Gasteiger partial charge in [0.25, 0.3) is 0 Å². The zero-order valence-electron chi connectivity index (χ0n) is 13.7. The number of hydrogen-bond donors (Lipinski definition) is 0. The Hall–Kier alpha value is -1.14. The van der Waals surface area contributed by atoms with Gasteiger partial charge in [-0.2, -0.15) is 0 Å². The molecule has 1 saturated heterocycles. The van der Waals surface area contributed by atoms with Crippen LogP contribution in [0.5, 0.6) is 0 Å². The molecule has 0 aromatic carbocycles. The van der Waals surface area contributed by atoms with Crippen LogP contribution < -0.4 is 4.90 Å². The van der Waals surface area contributed by atoms with Gasteiger partial charge in [0.05, 0.1) is 24.0 Å². The third kappa shape index (κ3) is 2.42. The van der Waals surface area contributed by atoms with E-state index in [0.29, 0.717) is 26.1 Å². The fourth-order valence-corrected chi connectivity index (χ4v) is 4.82. The molecule has 122 valence electrons. The molecule has 0 unspecified atom stereocenters. The van der Waals surface area contributed by atoms with Crippen molar-refractivity contribution >= 4 is 15.7 Å². The minimum atomic E-state index is -3.12. The van der Waals surface area contributed by atoms with Gasteiger partial charge in [-0.1, -0.05) is 0 Å². The number of ether oxygens (including phenoxy) is 1. The van der Waals surface area contributed by atoms with Crippen molar-refractivity contribution in [3.05, 3.63) is 22.9 Å². The zero-order chi connectivity index (χ0) is 16.1. The standard InChI is InChI=1S/C16H24N2O3S/c1-11-10-21-8-7-18(11)15-9-14(12(2)13(3)17-15)16(5-6-16)22(4,19)20/h9,11H,5-8,10H2,1-4H3/t11-/m1/s1. The number of rotatable bonds is 3. The van der Waals surface area contributed by atoms with Gasteiger partial charge < -0.3 is 9.64 Å². The van der Waals surface area contributed by atoms with Crippen LogP contribution in [-0.2, 0) is 19.3 Å². The Morgan fingerprint density at radius 2 is 2.05 bits per heavy atom. The van der Waals surface area contributed by atoms with Gasteiger partial charge in [-0.05, 0) is 50.8 Å². The lowest BCUT2D eigenvalue weighted by molar-refractivity contribution is 0.0985. The Labute approximate surface area is 132 Å². The third-order valence-electron chi connectivity index (χ3n) is 5.07. The molecule has 0 amide bonds. The quantitative estimate of drug-likeness (QED) is 0.850. The molecule has 2 heterocycles. The van der Waals surface area contributed by atoms with E-state index in [1.165, 1.54) is 6.26 Å². The molecule has 3 rings (SSSR count). The van der Waals surface area contributed by atoms with Crippen LogP contribution in [0.2, 0.25) is 0 Å². The fraction of sp³-hybridized carbons (Fsp3) is 0.688. The van der Waals surface area contributed by atoms with Crippen molar-refractivity contribution in [3.8, 4) is 0 Å². The van der Waals surface area contributed by atoms with Crippen LogP contribution in [0.25, 0.3) is 0 Å². The van der Waals surface area contributed by atoms with Gasteiger partial charge >= 0.3 is 0 Å². The minimum Gasteiger partial charge on any atom is -0.377 e. The van der Waals surface area contributed by atoms with Gasteiger partial charge in [0.2, 0.25) is 0 Å². The number of anilines is 1. The fourth-order valence-electron chi connectivity index (χ4n) is 3.36. The van der Waals surface area contributed by atoms with Crippen molar-refractivity contribution in [2.24, 2.45) is 0 Å². The monoisotopic (exact) mass is 324 g/mol. The molecule has 2 fully saturated rings. The lowest BCUT2D eigenvalue weighted by Crippen LogP contribution is -2.44. The predicted octanol–water partition coefficient (Wildman–Crippen LogP) is 1.96. The zero-order valence-corrected chi connectivity index (χ0v) is 14.5. The van der Waals surface area contributed by atoms with Crippen LogP contribution in [-0.4, -0.2) is 45.5 Å². The maximum absolute atomic E-state index is 12.3. The van der Waals surface area contributed by atoms with E-state index in [2.05, 4.69) is 11.8 Å². The second kappa shape index (κ2) is 5.20. The molecule has 0 radical (unpaired) electrons. The molecule has 1 aromatic rings. The number of hydrogen-bond acceptors (Lipinski definition) is 5. The highest BCUT2D eigenvalue weighted by atomic mass is 32.2. The van der Waals surface area contributed by atoms with Crippen LogP contribution in [0, 0.1) is 13.8 Å². The summed E-state index contributed by atoms with van der Waals surface area (Å²) in [4.78, 5) is 6.93. The Bertz CT molecular complexity index is 696. The number of aromatic nitrogens is 1. The van der Waals surface area contributed by atoms with E-state index < -0.39 is 14.6 Å². The van der Waals surface area contributed by atoms with Gasteiger partial charge in [-0.25, -0.2) is 13.4 Å². The summed E-state index contributed by atoms with van der Waals surface area (Å²) < 4.78 is 29.4. The van der Waals surface area contributed by atoms with E-state index in [9.17, 15) is 8.42 Å². The van der Waals surface area contributed by atoms with Crippen LogP contribution in [0.4, 0.5) is 5.82 Å². The van der Waals surface area contributed by atoms with Crippen molar-refractivity contribution in [2.75, 3.05) is 30.9 Å². The number of sulfone groups is 1. The summed E-state index contributed by atoms with van der Waals surface area (Å²) in [6, 6.07) is 2.25. The lowest BCUT2D eigenvalue weighted by Gasteiger charge is -2.35. The number of nitrogens with zero attached hydrogens (tertiary/aromatic N) is 2. The summed E-state index contributed by atoms with van der Waals surface area (Å²) in [5.74, 6) is 0.879. The van der Waals surface area contributed by atoms with Crippen LogP contribution >= 0.6 is 0 Å². The van der Waals surface area contributed by atoms with E-state index >= 15 is 0 Å². The Kier molecular flexibility index (Phi) is 3.72. The van der Waals surface area contributed by atoms with E-state index in [1.54, 1.807) is 0 Å². The summed E-state index contributed by atoms with van der Waals surface area (Å²) in [5, 5.41) is 0. The number of aryl methyl sites for hydroxylation is 1. The summed E-state index contributed by atoms with van der Waals surface area (Å²) >= 11 is 0. The smallest absolute Gasteiger partial charge is 0.157 e. The van der Waals surface area contributed by atoms with Gasteiger partial charge in [-0.15, -0.1) is 0 Å². The van der Waals surface area contributed by atoms with Crippen molar-refractivity contribution in [1.29, 1.82) is 0 Å². The highest BCUT2D eigenvalue weighted by Crippen LogP contribution is 2.54.